The zero-order valence-corrected chi connectivity index (χ0v) is 12.6. The van der Waals surface area contributed by atoms with Crippen molar-refractivity contribution in [2.45, 2.75) is 90.4 Å². The van der Waals surface area contributed by atoms with Crippen LogP contribution < -0.4 is 0 Å². The van der Waals surface area contributed by atoms with Crippen LogP contribution in [0.1, 0.15) is 90.4 Å². The molecule has 0 N–H and O–H groups in total. The lowest BCUT2D eigenvalue weighted by molar-refractivity contribution is 0.547. The van der Waals surface area contributed by atoms with Gasteiger partial charge < -0.3 is 0 Å². The summed E-state index contributed by atoms with van der Waals surface area (Å²) in [5.74, 6) is 0. The summed E-state index contributed by atoms with van der Waals surface area (Å²) in [6.07, 6.45) is 24.6. The average Bonchev–Trinajstić information content (AvgIpc) is 2.39. The molecule has 0 aromatic carbocycles. The molecule has 0 saturated heterocycles. The van der Waals surface area contributed by atoms with Crippen molar-refractivity contribution in [2.24, 2.45) is 0 Å². The molecule has 0 heteroatoms. The molecule has 0 radical (unpaired) electrons. The molecule has 0 aliphatic heterocycles. The van der Waals surface area contributed by atoms with Crippen molar-refractivity contribution >= 4 is 0 Å². The highest BCUT2D eigenvalue weighted by atomic mass is 14.0. The first kappa shape index (κ1) is 17.5. The van der Waals surface area contributed by atoms with Crippen LogP contribution in [0.4, 0.5) is 0 Å². The molecule has 0 heterocycles. The van der Waals surface area contributed by atoms with Crippen LogP contribution >= 0.6 is 0 Å². The van der Waals surface area contributed by atoms with E-state index in [0.717, 1.165) is 0 Å². The Hall–Kier alpha value is -0.520. The van der Waals surface area contributed by atoms with Crippen molar-refractivity contribution in [1.82, 2.24) is 0 Å². The van der Waals surface area contributed by atoms with Crippen LogP contribution in [-0.4, -0.2) is 0 Å². The third-order valence-corrected chi connectivity index (χ3v) is 3.51. The molecule has 106 valence electrons. The topological polar surface area (TPSA) is 0 Å². The third kappa shape index (κ3) is 15.5. The first-order valence-corrected chi connectivity index (χ1v) is 8.14. The second-order valence-corrected chi connectivity index (χ2v) is 5.32. The van der Waals surface area contributed by atoms with Gasteiger partial charge >= 0.3 is 0 Å². The van der Waals surface area contributed by atoms with E-state index >= 15 is 0 Å². The van der Waals surface area contributed by atoms with Crippen LogP contribution in [0.15, 0.2) is 24.8 Å². The Morgan fingerprint density at radius 2 is 1.00 bits per heavy atom. The van der Waals surface area contributed by atoms with E-state index < -0.39 is 0 Å². The molecule has 0 spiro atoms. The van der Waals surface area contributed by atoms with E-state index in [9.17, 15) is 0 Å². The van der Waals surface area contributed by atoms with Crippen LogP contribution in [0, 0.1) is 0 Å². The minimum atomic E-state index is 1.20. The molecule has 0 amide bonds. The van der Waals surface area contributed by atoms with Gasteiger partial charge in [-0.2, -0.15) is 0 Å². The highest BCUT2D eigenvalue weighted by Gasteiger charge is 1.92. The lowest BCUT2D eigenvalue weighted by Gasteiger charge is -2.02. The SMILES string of the molecule is C=CCCCCCCCCCCCCCC=CC. The number of hydrogen-bond donors (Lipinski definition) is 0. The van der Waals surface area contributed by atoms with Crippen molar-refractivity contribution in [2.75, 3.05) is 0 Å². The lowest BCUT2D eigenvalue weighted by Crippen LogP contribution is -1.82. The molecule has 0 aromatic heterocycles. The summed E-state index contributed by atoms with van der Waals surface area (Å²) in [7, 11) is 0. The molecule has 18 heavy (non-hydrogen) atoms. The molecule has 0 nitrogen and oxygen atoms in total. The number of allylic oxidation sites excluding steroid dienone is 3. The number of rotatable bonds is 14. The first-order valence-electron chi connectivity index (χ1n) is 8.14. The van der Waals surface area contributed by atoms with Crippen LogP contribution in [0.3, 0.4) is 0 Å². The van der Waals surface area contributed by atoms with Gasteiger partial charge in [0.25, 0.3) is 0 Å². The number of unbranched alkanes of at least 4 members (excludes halogenated alkanes) is 12. The molecule has 0 saturated carbocycles. The minimum absolute atomic E-state index is 1.20. The summed E-state index contributed by atoms with van der Waals surface area (Å²) in [5.41, 5.74) is 0. The monoisotopic (exact) mass is 250 g/mol. The fraction of sp³-hybridized carbons (Fsp3) is 0.778. The molecule has 0 bridgehead atoms. The normalized spacial score (nSPS) is 11.2. The van der Waals surface area contributed by atoms with E-state index in [0.29, 0.717) is 0 Å². The predicted molar refractivity (Wildman–Crippen MR) is 85.0 cm³/mol. The maximum atomic E-state index is 3.76. The minimum Gasteiger partial charge on any atom is -0.103 e. The highest BCUT2D eigenvalue weighted by molar-refractivity contribution is 4.76. The summed E-state index contributed by atoms with van der Waals surface area (Å²) in [5, 5.41) is 0. The van der Waals surface area contributed by atoms with Gasteiger partial charge in [-0.1, -0.05) is 76.0 Å². The van der Waals surface area contributed by atoms with Crippen LogP contribution in [0.25, 0.3) is 0 Å². The van der Waals surface area contributed by atoms with E-state index in [1.54, 1.807) is 0 Å². The lowest BCUT2D eigenvalue weighted by atomic mass is 10.0. The van der Waals surface area contributed by atoms with E-state index in [4.69, 9.17) is 0 Å². The van der Waals surface area contributed by atoms with E-state index in [1.807, 2.05) is 6.08 Å². The highest BCUT2D eigenvalue weighted by Crippen LogP contribution is 2.12. The predicted octanol–water partition coefficient (Wildman–Crippen LogP) is 6.82. The van der Waals surface area contributed by atoms with Gasteiger partial charge in [0.05, 0.1) is 0 Å². The molecule has 0 aliphatic carbocycles. The third-order valence-electron chi connectivity index (χ3n) is 3.51. The van der Waals surface area contributed by atoms with Crippen LogP contribution in [0.2, 0.25) is 0 Å². The van der Waals surface area contributed by atoms with Crippen molar-refractivity contribution in [3.05, 3.63) is 24.8 Å². The second kappa shape index (κ2) is 16.5. The summed E-state index contributed by atoms with van der Waals surface area (Å²) in [4.78, 5) is 0. The summed E-state index contributed by atoms with van der Waals surface area (Å²) in [6.45, 7) is 5.86. The fourth-order valence-corrected chi connectivity index (χ4v) is 2.31. The second-order valence-electron chi connectivity index (χ2n) is 5.32. The van der Waals surface area contributed by atoms with Gasteiger partial charge in [0.2, 0.25) is 0 Å². The van der Waals surface area contributed by atoms with Crippen LogP contribution in [-0.2, 0) is 0 Å². The molecule has 0 aromatic rings. The summed E-state index contributed by atoms with van der Waals surface area (Å²) < 4.78 is 0. The van der Waals surface area contributed by atoms with Crippen molar-refractivity contribution in [3.63, 3.8) is 0 Å². The van der Waals surface area contributed by atoms with Gasteiger partial charge in [-0.15, -0.1) is 6.58 Å². The zero-order chi connectivity index (χ0) is 13.3. The molecular formula is C18H34. The Morgan fingerprint density at radius 1 is 0.611 bits per heavy atom. The molecule has 0 unspecified atom stereocenters. The van der Waals surface area contributed by atoms with E-state index in [-0.39, 0.29) is 0 Å². The van der Waals surface area contributed by atoms with Gasteiger partial charge in [-0.05, 0) is 32.6 Å². The first-order chi connectivity index (χ1) is 8.91. The largest absolute Gasteiger partial charge is 0.103 e. The molecule has 0 aliphatic rings. The molecular weight excluding hydrogens is 216 g/mol. The standard InChI is InChI=1S/C18H34/c1-3-5-7-9-11-13-15-17-18-16-14-12-10-8-6-4-2/h3-4,6H,1,5,7-18H2,2H3. The van der Waals surface area contributed by atoms with E-state index in [2.05, 4.69) is 25.7 Å². The van der Waals surface area contributed by atoms with Gasteiger partial charge in [0.1, 0.15) is 0 Å². The molecule has 0 rings (SSSR count). The Morgan fingerprint density at radius 3 is 1.39 bits per heavy atom. The summed E-state index contributed by atoms with van der Waals surface area (Å²) in [6, 6.07) is 0. The Labute approximate surface area is 116 Å². The molecule has 0 atom stereocenters. The Bertz CT molecular complexity index is 178. The van der Waals surface area contributed by atoms with Crippen molar-refractivity contribution < 1.29 is 0 Å². The fourth-order valence-electron chi connectivity index (χ4n) is 2.31. The Balaban J connectivity index is 2.92. The quantitative estimate of drug-likeness (QED) is 0.234. The maximum Gasteiger partial charge on any atom is -0.0351 e. The Kier molecular flexibility index (Phi) is 16.0. The van der Waals surface area contributed by atoms with Crippen LogP contribution in [0.5, 0.6) is 0 Å². The van der Waals surface area contributed by atoms with E-state index in [1.165, 1.54) is 83.5 Å². The van der Waals surface area contributed by atoms with Crippen molar-refractivity contribution in [1.29, 1.82) is 0 Å². The van der Waals surface area contributed by atoms with Gasteiger partial charge in [0.15, 0.2) is 0 Å². The average molecular weight is 250 g/mol. The van der Waals surface area contributed by atoms with Gasteiger partial charge in [0, 0.05) is 0 Å². The van der Waals surface area contributed by atoms with Crippen molar-refractivity contribution in [3.8, 4) is 0 Å². The van der Waals surface area contributed by atoms with Gasteiger partial charge in [-0.3, -0.25) is 0 Å². The van der Waals surface area contributed by atoms with Gasteiger partial charge in [-0.25, -0.2) is 0 Å². The smallest absolute Gasteiger partial charge is 0.0351 e. The summed E-state index contributed by atoms with van der Waals surface area (Å²) >= 11 is 0. The number of hydrogen-bond acceptors (Lipinski definition) is 0. The zero-order valence-electron chi connectivity index (χ0n) is 12.6. The molecule has 0 fully saturated rings. The maximum absolute atomic E-state index is 3.76.